The molecule has 0 saturated carbocycles. The van der Waals surface area contributed by atoms with Gasteiger partial charge in [0.1, 0.15) is 17.2 Å². The molecule has 132 valence electrons. The third-order valence-electron chi connectivity index (χ3n) is 4.43. The van der Waals surface area contributed by atoms with Crippen molar-refractivity contribution in [3.05, 3.63) is 48.0 Å². The van der Waals surface area contributed by atoms with Crippen molar-refractivity contribution in [2.45, 2.75) is 0 Å². The lowest BCUT2D eigenvalue weighted by Gasteiger charge is -2.36. The highest BCUT2D eigenvalue weighted by Crippen LogP contribution is 2.29. The number of hydrogen-bond acceptors (Lipinski definition) is 5. The molecule has 1 aliphatic heterocycles. The van der Waals surface area contributed by atoms with E-state index in [2.05, 4.69) is 4.90 Å². The van der Waals surface area contributed by atoms with E-state index in [4.69, 9.17) is 9.47 Å². The van der Waals surface area contributed by atoms with E-state index in [1.54, 1.807) is 49.5 Å². The normalized spacial score (nSPS) is 14.3. The summed E-state index contributed by atoms with van der Waals surface area (Å²) in [6.45, 7) is 2.51. The Kier molecular flexibility index (Phi) is 4.97. The first-order valence-electron chi connectivity index (χ1n) is 8.18. The highest BCUT2D eigenvalue weighted by atomic mass is 16.5. The molecule has 1 amide bonds. The van der Waals surface area contributed by atoms with Gasteiger partial charge in [-0.2, -0.15) is 0 Å². The van der Waals surface area contributed by atoms with E-state index in [-0.39, 0.29) is 11.7 Å². The van der Waals surface area contributed by atoms with Gasteiger partial charge < -0.3 is 24.4 Å². The van der Waals surface area contributed by atoms with E-state index in [0.717, 1.165) is 5.69 Å². The highest BCUT2D eigenvalue weighted by Gasteiger charge is 2.25. The molecule has 6 nitrogen and oxygen atoms in total. The maximum atomic E-state index is 12.8. The van der Waals surface area contributed by atoms with Crippen molar-refractivity contribution in [3.63, 3.8) is 0 Å². The fraction of sp³-hybridized carbons (Fsp3) is 0.316. The van der Waals surface area contributed by atoms with Gasteiger partial charge in [0.25, 0.3) is 5.91 Å². The van der Waals surface area contributed by atoms with E-state index < -0.39 is 0 Å². The van der Waals surface area contributed by atoms with Gasteiger partial charge in [0, 0.05) is 32.2 Å². The van der Waals surface area contributed by atoms with Crippen LogP contribution in [0.1, 0.15) is 10.4 Å². The minimum Gasteiger partial charge on any atom is -0.506 e. The van der Waals surface area contributed by atoms with Gasteiger partial charge in [-0.15, -0.1) is 0 Å². The number of phenols is 1. The number of piperazine rings is 1. The number of aromatic hydroxyl groups is 1. The van der Waals surface area contributed by atoms with E-state index in [1.165, 1.54) is 0 Å². The first-order valence-corrected chi connectivity index (χ1v) is 8.18. The number of methoxy groups -OCH3 is 2. The largest absolute Gasteiger partial charge is 0.506 e. The standard InChI is InChI=1S/C19H22N2O4/c1-24-14-7-8-15(18(13-14)25-2)19(23)21-11-9-20(10-12-21)16-5-3-4-6-17(16)22/h3-8,13,22H,9-12H2,1-2H3. The fourth-order valence-electron chi connectivity index (χ4n) is 3.03. The van der Waals surface area contributed by atoms with Gasteiger partial charge in [-0.05, 0) is 24.3 Å². The summed E-state index contributed by atoms with van der Waals surface area (Å²) in [7, 11) is 3.12. The Labute approximate surface area is 147 Å². The predicted molar refractivity (Wildman–Crippen MR) is 95.8 cm³/mol. The molecule has 1 N–H and O–H groups in total. The molecule has 1 heterocycles. The number of amides is 1. The molecule has 2 aromatic carbocycles. The number of hydrogen-bond donors (Lipinski definition) is 1. The summed E-state index contributed by atoms with van der Waals surface area (Å²) in [5.41, 5.74) is 1.33. The smallest absolute Gasteiger partial charge is 0.257 e. The Morgan fingerprint density at radius 3 is 2.36 bits per heavy atom. The molecule has 3 rings (SSSR count). The Morgan fingerprint density at radius 2 is 1.72 bits per heavy atom. The molecular weight excluding hydrogens is 320 g/mol. The van der Waals surface area contributed by atoms with Gasteiger partial charge >= 0.3 is 0 Å². The summed E-state index contributed by atoms with van der Waals surface area (Å²) >= 11 is 0. The van der Waals surface area contributed by atoms with Crippen molar-refractivity contribution < 1.29 is 19.4 Å². The SMILES string of the molecule is COc1ccc(C(=O)N2CCN(c3ccccc3O)CC2)c(OC)c1. The number of rotatable bonds is 4. The highest BCUT2D eigenvalue weighted by molar-refractivity contribution is 5.97. The summed E-state index contributed by atoms with van der Waals surface area (Å²) in [6.07, 6.45) is 0. The Bertz CT molecular complexity index is 755. The molecule has 25 heavy (non-hydrogen) atoms. The summed E-state index contributed by atoms with van der Waals surface area (Å²) in [4.78, 5) is 16.7. The van der Waals surface area contributed by atoms with Gasteiger partial charge in [-0.1, -0.05) is 12.1 Å². The Morgan fingerprint density at radius 1 is 1.00 bits per heavy atom. The lowest BCUT2D eigenvalue weighted by Crippen LogP contribution is -2.48. The molecule has 0 aromatic heterocycles. The van der Waals surface area contributed by atoms with E-state index in [0.29, 0.717) is 43.2 Å². The van der Waals surface area contributed by atoms with Crippen LogP contribution in [-0.2, 0) is 0 Å². The maximum Gasteiger partial charge on any atom is 0.257 e. The molecule has 1 saturated heterocycles. The van der Waals surface area contributed by atoms with Crippen LogP contribution in [0.4, 0.5) is 5.69 Å². The van der Waals surface area contributed by atoms with Crippen molar-refractivity contribution in [1.29, 1.82) is 0 Å². The fourth-order valence-corrected chi connectivity index (χ4v) is 3.03. The monoisotopic (exact) mass is 342 g/mol. The average molecular weight is 342 g/mol. The second kappa shape index (κ2) is 7.34. The predicted octanol–water partition coefficient (Wildman–Crippen LogP) is 2.37. The quantitative estimate of drug-likeness (QED) is 0.924. The van der Waals surface area contributed by atoms with Crippen LogP contribution in [0.5, 0.6) is 17.2 Å². The summed E-state index contributed by atoms with van der Waals surface area (Å²) < 4.78 is 10.5. The van der Waals surface area contributed by atoms with Crippen LogP contribution in [0.15, 0.2) is 42.5 Å². The van der Waals surface area contributed by atoms with Crippen molar-refractivity contribution in [3.8, 4) is 17.2 Å². The molecule has 0 spiro atoms. The molecule has 0 atom stereocenters. The number of ether oxygens (including phenoxy) is 2. The summed E-state index contributed by atoms with van der Waals surface area (Å²) in [5, 5.41) is 9.98. The van der Waals surface area contributed by atoms with E-state index in [9.17, 15) is 9.90 Å². The number of benzene rings is 2. The van der Waals surface area contributed by atoms with Gasteiger partial charge in [0.2, 0.25) is 0 Å². The van der Waals surface area contributed by atoms with Crippen molar-refractivity contribution in [2.75, 3.05) is 45.3 Å². The van der Waals surface area contributed by atoms with Crippen molar-refractivity contribution in [2.24, 2.45) is 0 Å². The molecule has 0 radical (unpaired) electrons. The molecule has 2 aromatic rings. The van der Waals surface area contributed by atoms with Gasteiger partial charge in [-0.3, -0.25) is 4.79 Å². The maximum absolute atomic E-state index is 12.8. The lowest BCUT2D eigenvalue weighted by atomic mass is 10.1. The summed E-state index contributed by atoms with van der Waals surface area (Å²) in [5.74, 6) is 1.36. The topological polar surface area (TPSA) is 62.2 Å². The van der Waals surface area contributed by atoms with Crippen LogP contribution >= 0.6 is 0 Å². The van der Waals surface area contributed by atoms with Gasteiger partial charge in [0.05, 0.1) is 25.5 Å². The minimum atomic E-state index is -0.0589. The van der Waals surface area contributed by atoms with E-state index in [1.807, 2.05) is 12.1 Å². The molecular formula is C19H22N2O4. The van der Waals surface area contributed by atoms with Crippen LogP contribution in [0.2, 0.25) is 0 Å². The molecule has 0 aliphatic carbocycles. The summed E-state index contributed by atoms with van der Waals surface area (Å²) in [6, 6.07) is 12.5. The van der Waals surface area contributed by atoms with Crippen LogP contribution in [0.25, 0.3) is 0 Å². The molecule has 0 bridgehead atoms. The first-order chi connectivity index (χ1) is 12.1. The van der Waals surface area contributed by atoms with E-state index >= 15 is 0 Å². The molecule has 0 unspecified atom stereocenters. The van der Waals surface area contributed by atoms with Crippen molar-refractivity contribution >= 4 is 11.6 Å². The first kappa shape index (κ1) is 17.0. The van der Waals surface area contributed by atoms with Crippen LogP contribution < -0.4 is 14.4 Å². The lowest BCUT2D eigenvalue weighted by molar-refractivity contribution is 0.0743. The number of carbonyl (C=O) groups is 1. The molecule has 1 aliphatic rings. The average Bonchev–Trinajstić information content (AvgIpc) is 2.67. The van der Waals surface area contributed by atoms with Gasteiger partial charge in [-0.25, -0.2) is 0 Å². The minimum absolute atomic E-state index is 0.0589. The zero-order valence-electron chi connectivity index (χ0n) is 14.4. The Hall–Kier alpha value is -2.89. The molecule has 6 heteroatoms. The third kappa shape index (κ3) is 3.47. The van der Waals surface area contributed by atoms with Crippen LogP contribution in [0, 0.1) is 0 Å². The Balaban J connectivity index is 1.71. The number of phenolic OH excluding ortho intramolecular Hbond substituents is 1. The number of para-hydroxylation sites is 2. The number of anilines is 1. The van der Waals surface area contributed by atoms with Gasteiger partial charge in [0.15, 0.2) is 0 Å². The van der Waals surface area contributed by atoms with Crippen LogP contribution in [-0.4, -0.2) is 56.3 Å². The number of carbonyl (C=O) groups excluding carboxylic acids is 1. The second-order valence-electron chi connectivity index (χ2n) is 5.83. The molecule has 1 fully saturated rings. The number of nitrogens with zero attached hydrogens (tertiary/aromatic N) is 2. The second-order valence-corrected chi connectivity index (χ2v) is 5.83. The zero-order chi connectivity index (χ0) is 17.8. The van der Waals surface area contributed by atoms with Crippen LogP contribution in [0.3, 0.4) is 0 Å². The zero-order valence-corrected chi connectivity index (χ0v) is 14.4. The van der Waals surface area contributed by atoms with Crippen molar-refractivity contribution in [1.82, 2.24) is 4.90 Å². The third-order valence-corrected chi connectivity index (χ3v) is 4.43.